The summed E-state index contributed by atoms with van der Waals surface area (Å²) < 4.78 is 0. The third-order valence-corrected chi connectivity index (χ3v) is 4.49. The van der Waals surface area contributed by atoms with Crippen LogP contribution in [-0.4, -0.2) is 10.9 Å². The van der Waals surface area contributed by atoms with Crippen LogP contribution in [0.2, 0.25) is 0 Å². The van der Waals surface area contributed by atoms with Crippen LogP contribution in [0.25, 0.3) is 0 Å². The van der Waals surface area contributed by atoms with E-state index in [1.54, 1.807) is 5.51 Å². The summed E-state index contributed by atoms with van der Waals surface area (Å²) >= 11 is 1.38. The molecule has 0 fully saturated rings. The van der Waals surface area contributed by atoms with E-state index in [2.05, 4.69) is 56.2 Å². The molecule has 0 atom stereocenters. The highest BCUT2D eigenvalue weighted by Gasteiger charge is 2.18. The van der Waals surface area contributed by atoms with Gasteiger partial charge in [0.2, 0.25) is 0 Å². The second-order valence-corrected chi connectivity index (χ2v) is 6.70. The third-order valence-electron chi connectivity index (χ3n) is 3.56. The number of rotatable bonds is 4. The summed E-state index contributed by atoms with van der Waals surface area (Å²) in [4.78, 5) is 17.3. The second-order valence-electron chi connectivity index (χ2n) is 5.84. The third kappa shape index (κ3) is 3.32. The Hall–Kier alpha value is -1.68. The van der Waals surface area contributed by atoms with E-state index in [0.29, 0.717) is 16.7 Å². The molecule has 4 heteroatoms. The Kier molecular flexibility index (Phi) is 4.78. The SMILES string of the molecule is Cc1ncsc1C(=O)Nc1c(C(C)C)cccc1C(C)C. The number of thiazole rings is 1. The Morgan fingerprint density at radius 2 is 1.71 bits per heavy atom. The standard InChI is InChI=1S/C17H22N2OS/c1-10(2)13-7-6-8-14(11(3)4)15(13)19-17(20)16-12(5)18-9-21-16/h6-11H,1-5H3,(H,19,20). The number of para-hydroxylation sites is 1. The molecule has 21 heavy (non-hydrogen) atoms. The molecule has 0 saturated carbocycles. The Balaban J connectivity index is 2.42. The van der Waals surface area contributed by atoms with Gasteiger partial charge in [-0.05, 0) is 29.9 Å². The smallest absolute Gasteiger partial charge is 0.267 e. The van der Waals surface area contributed by atoms with E-state index in [9.17, 15) is 4.79 Å². The Bertz CT molecular complexity index is 618. The summed E-state index contributed by atoms with van der Waals surface area (Å²) in [5, 5.41) is 3.12. The largest absolute Gasteiger partial charge is 0.321 e. The fraction of sp³-hybridized carbons (Fsp3) is 0.412. The first-order valence-electron chi connectivity index (χ1n) is 7.26. The van der Waals surface area contributed by atoms with Crippen molar-refractivity contribution in [1.82, 2.24) is 4.98 Å². The van der Waals surface area contributed by atoms with Crippen LogP contribution in [0, 0.1) is 6.92 Å². The Labute approximate surface area is 130 Å². The number of carbonyl (C=O) groups is 1. The van der Waals surface area contributed by atoms with Crippen molar-refractivity contribution in [3.05, 3.63) is 45.4 Å². The summed E-state index contributed by atoms with van der Waals surface area (Å²) in [5.41, 5.74) is 5.81. The van der Waals surface area contributed by atoms with Crippen molar-refractivity contribution in [2.24, 2.45) is 0 Å². The van der Waals surface area contributed by atoms with E-state index in [4.69, 9.17) is 0 Å². The van der Waals surface area contributed by atoms with E-state index in [0.717, 1.165) is 11.4 Å². The zero-order chi connectivity index (χ0) is 15.6. The molecule has 0 aliphatic carbocycles. The van der Waals surface area contributed by atoms with E-state index in [1.807, 2.05) is 6.92 Å². The average Bonchev–Trinajstić information content (AvgIpc) is 2.84. The molecule has 2 rings (SSSR count). The minimum absolute atomic E-state index is 0.0648. The fourth-order valence-electron chi connectivity index (χ4n) is 2.39. The van der Waals surface area contributed by atoms with E-state index in [-0.39, 0.29) is 5.91 Å². The van der Waals surface area contributed by atoms with Gasteiger partial charge in [0.1, 0.15) is 4.88 Å². The highest BCUT2D eigenvalue weighted by molar-refractivity contribution is 7.12. The predicted molar refractivity (Wildman–Crippen MR) is 89.4 cm³/mol. The van der Waals surface area contributed by atoms with Gasteiger partial charge in [0, 0.05) is 5.69 Å². The lowest BCUT2D eigenvalue weighted by Gasteiger charge is -2.20. The maximum Gasteiger partial charge on any atom is 0.267 e. The first-order valence-corrected chi connectivity index (χ1v) is 8.14. The van der Waals surface area contributed by atoms with E-state index in [1.165, 1.54) is 22.5 Å². The Morgan fingerprint density at radius 3 is 2.14 bits per heavy atom. The van der Waals surface area contributed by atoms with Gasteiger partial charge in [0.05, 0.1) is 11.2 Å². The summed E-state index contributed by atoms with van der Waals surface area (Å²) in [7, 11) is 0. The van der Waals surface area contributed by atoms with Gasteiger partial charge in [-0.2, -0.15) is 0 Å². The first kappa shape index (κ1) is 15.7. The molecule has 112 valence electrons. The number of aromatic nitrogens is 1. The number of benzene rings is 1. The van der Waals surface area contributed by atoms with Crippen molar-refractivity contribution in [2.45, 2.75) is 46.5 Å². The van der Waals surface area contributed by atoms with Gasteiger partial charge >= 0.3 is 0 Å². The molecule has 2 aromatic rings. The van der Waals surface area contributed by atoms with Crippen LogP contribution in [0.5, 0.6) is 0 Å². The number of nitrogens with one attached hydrogen (secondary N) is 1. The van der Waals surface area contributed by atoms with Crippen molar-refractivity contribution in [2.75, 3.05) is 5.32 Å². The van der Waals surface area contributed by atoms with Crippen molar-refractivity contribution in [1.29, 1.82) is 0 Å². The molecule has 1 heterocycles. The highest BCUT2D eigenvalue weighted by Crippen LogP contribution is 2.33. The summed E-state index contributed by atoms with van der Waals surface area (Å²) in [6.07, 6.45) is 0. The van der Waals surface area contributed by atoms with Crippen LogP contribution in [0.3, 0.4) is 0 Å². The molecular formula is C17H22N2OS. The quantitative estimate of drug-likeness (QED) is 0.868. The molecule has 1 aromatic carbocycles. The summed E-state index contributed by atoms with van der Waals surface area (Å²) in [5.74, 6) is 0.660. The lowest BCUT2D eigenvalue weighted by Crippen LogP contribution is -2.15. The summed E-state index contributed by atoms with van der Waals surface area (Å²) in [6, 6.07) is 6.25. The maximum absolute atomic E-state index is 12.5. The van der Waals surface area contributed by atoms with Crippen LogP contribution in [0.4, 0.5) is 5.69 Å². The number of carbonyl (C=O) groups excluding carboxylic acids is 1. The van der Waals surface area contributed by atoms with Crippen molar-refractivity contribution >= 4 is 22.9 Å². The molecule has 0 bridgehead atoms. The lowest BCUT2D eigenvalue weighted by molar-refractivity contribution is 0.102. The number of nitrogens with zero attached hydrogens (tertiary/aromatic N) is 1. The monoisotopic (exact) mass is 302 g/mol. The van der Waals surface area contributed by atoms with Crippen LogP contribution in [-0.2, 0) is 0 Å². The average molecular weight is 302 g/mol. The Morgan fingerprint density at radius 1 is 1.14 bits per heavy atom. The number of hydrogen-bond acceptors (Lipinski definition) is 3. The topological polar surface area (TPSA) is 42.0 Å². The van der Waals surface area contributed by atoms with Crippen molar-refractivity contribution < 1.29 is 4.79 Å². The fourth-order valence-corrected chi connectivity index (χ4v) is 3.08. The molecule has 1 aromatic heterocycles. The van der Waals surface area contributed by atoms with Gasteiger partial charge in [0.15, 0.2) is 0 Å². The number of anilines is 1. The van der Waals surface area contributed by atoms with Crippen LogP contribution in [0.15, 0.2) is 23.7 Å². The molecule has 0 unspecified atom stereocenters. The zero-order valence-corrected chi connectivity index (χ0v) is 14.0. The highest BCUT2D eigenvalue weighted by atomic mass is 32.1. The molecule has 0 aliphatic heterocycles. The molecule has 1 N–H and O–H groups in total. The normalized spacial score (nSPS) is 11.2. The van der Waals surface area contributed by atoms with Crippen molar-refractivity contribution in [3.63, 3.8) is 0 Å². The van der Waals surface area contributed by atoms with Crippen LogP contribution >= 0.6 is 11.3 Å². The minimum Gasteiger partial charge on any atom is -0.321 e. The van der Waals surface area contributed by atoms with Gasteiger partial charge < -0.3 is 5.32 Å². The molecule has 0 aliphatic rings. The van der Waals surface area contributed by atoms with Gasteiger partial charge in [-0.25, -0.2) is 4.98 Å². The van der Waals surface area contributed by atoms with Gasteiger partial charge in [0.25, 0.3) is 5.91 Å². The van der Waals surface area contributed by atoms with E-state index >= 15 is 0 Å². The van der Waals surface area contributed by atoms with Gasteiger partial charge in [-0.15, -0.1) is 11.3 Å². The van der Waals surface area contributed by atoms with Crippen molar-refractivity contribution in [3.8, 4) is 0 Å². The zero-order valence-electron chi connectivity index (χ0n) is 13.2. The second kappa shape index (κ2) is 6.39. The van der Waals surface area contributed by atoms with Gasteiger partial charge in [-0.3, -0.25) is 4.79 Å². The van der Waals surface area contributed by atoms with Crippen LogP contribution < -0.4 is 5.32 Å². The lowest BCUT2D eigenvalue weighted by atomic mass is 9.92. The molecule has 0 radical (unpaired) electrons. The van der Waals surface area contributed by atoms with Gasteiger partial charge in [-0.1, -0.05) is 45.9 Å². The molecule has 0 spiro atoms. The predicted octanol–water partition coefficient (Wildman–Crippen LogP) is 4.95. The number of hydrogen-bond donors (Lipinski definition) is 1. The maximum atomic E-state index is 12.5. The number of amides is 1. The molecule has 0 saturated heterocycles. The molecular weight excluding hydrogens is 280 g/mol. The van der Waals surface area contributed by atoms with E-state index < -0.39 is 0 Å². The van der Waals surface area contributed by atoms with Crippen LogP contribution in [0.1, 0.15) is 66.0 Å². The minimum atomic E-state index is -0.0648. The first-order chi connectivity index (χ1) is 9.91. The summed E-state index contributed by atoms with van der Waals surface area (Å²) in [6.45, 7) is 10.4. The number of aryl methyl sites for hydroxylation is 1. The molecule has 1 amide bonds. The molecule has 3 nitrogen and oxygen atoms in total.